The summed E-state index contributed by atoms with van der Waals surface area (Å²) in [5, 5.41) is 3.72. The molecule has 8 heteroatoms. The van der Waals surface area contributed by atoms with E-state index in [4.69, 9.17) is 14.2 Å². The number of nitrogens with zero attached hydrogens (tertiary/aromatic N) is 2. The van der Waals surface area contributed by atoms with Gasteiger partial charge < -0.3 is 19.5 Å². The van der Waals surface area contributed by atoms with Gasteiger partial charge >= 0.3 is 0 Å². The van der Waals surface area contributed by atoms with Gasteiger partial charge in [0.2, 0.25) is 0 Å². The Labute approximate surface area is 186 Å². The van der Waals surface area contributed by atoms with E-state index in [-0.39, 0.29) is 6.10 Å². The number of anilines is 2. The summed E-state index contributed by atoms with van der Waals surface area (Å²) in [6.45, 7) is 1.12. The van der Waals surface area contributed by atoms with Gasteiger partial charge in [0, 0.05) is 11.5 Å². The molecule has 1 fully saturated rings. The van der Waals surface area contributed by atoms with Gasteiger partial charge in [-0.2, -0.15) is 0 Å². The number of para-hydroxylation sites is 1. The van der Waals surface area contributed by atoms with Crippen LogP contribution in [0.25, 0.3) is 10.9 Å². The van der Waals surface area contributed by atoms with Crippen molar-refractivity contribution >= 4 is 38.3 Å². The third-order valence-electron chi connectivity index (χ3n) is 4.70. The lowest BCUT2D eigenvalue weighted by Crippen LogP contribution is -2.05. The fraction of sp³-hybridized carbons (Fsp3) is 0.130. The van der Waals surface area contributed by atoms with E-state index in [1.165, 1.54) is 6.33 Å². The second kappa shape index (κ2) is 8.49. The molecule has 5 rings (SSSR count). The van der Waals surface area contributed by atoms with Crippen molar-refractivity contribution in [1.29, 1.82) is 0 Å². The Morgan fingerprint density at radius 2 is 1.90 bits per heavy atom. The summed E-state index contributed by atoms with van der Waals surface area (Å²) in [7, 11) is 0. The summed E-state index contributed by atoms with van der Waals surface area (Å²) in [5.41, 5.74) is 0.936. The van der Waals surface area contributed by atoms with Gasteiger partial charge in [0.1, 0.15) is 30.6 Å². The molecular formula is C23H17BrFN3O3. The Bertz CT molecular complexity index is 1240. The fourth-order valence-electron chi connectivity index (χ4n) is 3.05. The Morgan fingerprint density at radius 3 is 2.71 bits per heavy atom. The molecule has 1 aromatic heterocycles. The van der Waals surface area contributed by atoms with Crippen LogP contribution in [0.4, 0.5) is 15.9 Å². The number of epoxide rings is 1. The molecule has 1 unspecified atom stereocenters. The Kier molecular flexibility index (Phi) is 5.40. The van der Waals surface area contributed by atoms with Crippen LogP contribution in [-0.2, 0) is 4.74 Å². The first-order chi connectivity index (χ1) is 15.2. The Balaban J connectivity index is 1.56. The van der Waals surface area contributed by atoms with Crippen molar-refractivity contribution in [3.63, 3.8) is 0 Å². The highest BCUT2D eigenvalue weighted by Crippen LogP contribution is 2.38. The second-order valence-corrected chi connectivity index (χ2v) is 7.80. The third-order valence-corrected chi connectivity index (χ3v) is 5.32. The van der Waals surface area contributed by atoms with Crippen LogP contribution in [0, 0.1) is 5.82 Å². The summed E-state index contributed by atoms with van der Waals surface area (Å²) in [4.78, 5) is 8.67. The highest BCUT2D eigenvalue weighted by molar-refractivity contribution is 9.10. The zero-order chi connectivity index (χ0) is 21.2. The van der Waals surface area contributed by atoms with Crippen LogP contribution in [0.15, 0.2) is 71.5 Å². The first-order valence-electron chi connectivity index (χ1n) is 9.64. The molecule has 1 N–H and O–H groups in total. The lowest BCUT2D eigenvalue weighted by molar-refractivity contribution is 0.255. The summed E-state index contributed by atoms with van der Waals surface area (Å²) >= 11 is 3.21. The van der Waals surface area contributed by atoms with Crippen molar-refractivity contribution in [2.24, 2.45) is 0 Å². The van der Waals surface area contributed by atoms with E-state index in [0.29, 0.717) is 57.3 Å². The predicted molar refractivity (Wildman–Crippen MR) is 119 cm³/mol. The smallest absolute Gasteiger partial charge is 0.170 e. The summed E-state index contributed by atoms with van der Waals surface area (Å²) in [5.74, 6) is 1.77. The third kappa shape index (κ3) is 4.45. The molecule has 0 spiro atoms. The molecule has 6 nitrogen and oxygen atoms in total. The molecule has 156 valence electrons. The van der Waals surface area contributed by atoms with Crippen LogP contribution in [0.3, 0.4) is 0 Å². The van der Waals surface area contributed by atoms with Crippen molar-refractivity contribution < 1.29 is 18.6 Å². The number of nitrogens with one attached hydrogen (secondary N) is 1. The minimum absolute atomic E-state index is 0.0994. The average molecular weight is 482 g/mol. The summed E-state index contributed by atoms with van der Waals surface area (Å²) < 4.78 is 32.1. The zero-order valence-electron chi connectivity index (χ0n) is 16.2. The van der Waals surface area contributed by atoms with E-state index < -0.39 is 5.82 Å². The summed E-state index contributed by atoms with van der Waals surface area (Å²) in [6.07, 6.45) is 1.52. The summed E-state index contributed by atoms with van der Waals surface area (Å²) in [6, 6.07) is 18.0. The van der Waals surface area contributed by atoms with Gasteiger partial charge in [-0.15, -0.1) is 0 Å². The maximum absolute atomic E-state index is 14.5. The van der Waals surface area contributed by atoms with Gasteiger partial charge in [0.15, 0.2) is 17.3 Å². The molecule has 31 heavy (non-hydrogen) atoms. The van der Waals surface area contributed by atoms with Crippen molar-refractivity contribution in [3.05, 3.63) is 77.3 Å². The van der Waals surface area contributed by atoms with Gasteiger partial charge in [-0.3, -0.25) is 0 Å². The second-order valence-electron chi connectivity index (χ2n) is 6.95. The molecule has 0 amide bonds. The molecule has 0 saturated carbocycles. The van der Waals surface area contributed by atoms with E-state index in [9.17, 15) is 4.39 Å². The lowest BCUT2D eigenvalue weighted by Gasteiger charge is -2.15. The number of benzene rings is 3. The maximum Gasteiger partial charge on any atom is 0.170 e. The van der Waals surface area contributed by atoms with Crippen LogP contribution in [-0.4, -0.2) is 29.3 Å². The molecular weight excluding hydrogens is 465 g/mol. The number of ether oxygens (including phenoxy) is 3. The Hall–Kier alpha value is -3.23. The number of hydrogen-bond acceptors (Lipinski definition) is 6. The highest BCUT2D eigenvalue weighted by atomic mass is 79.9. The van der Waals surface area contributed by atoms with Crippen LogP contribution in [0.1, 0.15) is 0 Å². The standard InChI is InChI=1S/C23H17BrFN3O3/c24-17-7-4-8-18(22(17)25)28-23-16-9-21(31-14-5-2-1-3-6-14)20(30-12-15-11-29-15)10-19(16)26-13-27-23/h1-10,13,15H,11-12H2,(H,26,27,28). The topological polar surface area (TPSA) is 68.8 Å². The molecule has 1 saturated heterocycles. The number of rotatable bonds is 7. The quantitative estimate of drug-likeness (QED) is 0.334. The van der Waals surface area contributed by atoms with Crippen molar-refractivity contribution in [2.45, 2.75) is 6.10 Å². The van der Waals surface area contributed by atoms with Gasteiger partial charge in [-0.1, -0.05) is 24.3 Å². The van der Waals surface area contributed by atoms with Crippen LogP contribution in [0.5, 0.6) is 17.2 Å². The number of hydrogen-bond donors (Lipinski definition) is 1. The molecule has 4 aromatic rings. The van der Waals surface area contributed by atoms with Crippen LogP contribution < -0.4 is 14.8 Å². The molecule has 0 radical (unpaired) electrons. The minimum Gasteiger partial charge on any atom is -0.487 e. The van der Waals surface area contributed by atoms with Crippen molar-refractivity contribution in [2.75, 3.05) is 18.5 Å². The van der Waals surface area contributed by atoms with E-state index in [0.717, 1.165) is 0 Å². The molecule has 1 aliphatic heterocycles. The number of fused-ring (bicyclic) bond motifs is 1. The first-order valence-corrected chi connectivity index (χ1v) is 10.4. The molecule has 0 bridgehead atoms. The Morgan fingerprint density at radius 1 is 1.06 bits per heavy atom. The first kappa shape index (κ1) is 19.7. The van der Waals surface area contributed by atoms with Gasteiger partial charge in [-0.25, -0.2) is 14.4 Å². The lowest BCUT2D eigenvalue weighted by atomic mass is 10.2. The fourth-order valence-corrected chi connectivity index (χ4v) is 3.41. The van der Waals surface area contributed by atoms with Gasteiger partial charge in [0.25, 0.3) is 0 Å². The zero-order valence-corrected chi connectivity index (χ0v) is 17.8. The van der Waals surface area contributed by atoms with Gasteiger partial charge in [0.05, 0.1) is 22.3 Å². The molecule has 1 aliphatic rings. The SMILES string of the molecule is Fc1c(Br)cccc1Nc1ncnc2cc(OCC3CO3)c(Oc3ccccc3)cc12. The van der Waals surface area contributed by atoms with Gasteiger partial charge in [-0.05, 0) is 46.3 Å². The number of halogens is 2. The monoisotopic (exact) mass is 481 g/mol. The highest BCUT2D eigenvalue weighted by Gasteiger charge is 2.24. The molecule has 2 heterocycles. The normalized spacial score (nSPS) is 15.0. The van der Waals surface area contributed by atoms with E-state index in [2.05, 4.69) is 31.2 Å². The van der Waals surface area contributed by atoms with Crippen LogP contribution >= 0.6 is 15.9 Å². The molecule has 3 aromatic carbocycles. The van der Waals surface area contributed by atoms with E-state index in [1.807, 2.05) is 30.3 Å². The van der Waals surface area contributed by atoms with Crippen molar-refractivity contribution in [1.82, 2.24) is 9.97 Å². The van der Waals surface area contributed by atoms with E-state index >= 15 is 0 Å². The predicted octanol–water partition coefficient (Wildman–Crippen LogP) is 5.84. The minimum atomic E-state index is -0.403. The van der Waals surface area contributed by atoms with Crippen LogP contribution in [0.2, 0.25) is 0 Å². The largest absolute Gasteiger partial charge is 0.487 e. The van der Waals surface area contributed by atoms with E-state index in [1.54, 1.807) is 30.3 Å². The average Bonchev–Trinajstić information content (AvgIpc) is 3.61. The van der Waals surface area contributed by atoms with Crippen molar-refractivity contribution in [3.8, 4) is 17.2 Å². The maximum atomic E-state index is 14.5. The number of aromatic nitrogens is 2. The molecule has 0 aliphatic carbocycles. The molecule has 1 atom stereocenters.